The van der Waals surface area contributed by atoms with E-state index in [-0.39, 0.29) is 11.3 Å². The molecule has 0 spiro atoms. The number of aryl methyl sites for hydroxylation is 2. The van der Waals surface area contributed by atoms with Crippen molar-refractivity contribution in [1.82, 2.24) is 0 Å². The highest BCUT2D eigenvalue weighted by Crippen LogP contribution is 2.34. The second-order valence-corrected chi connectivity index (χ2v) is 7.29. The summed E-state index contributed by atoms with van der Waals surface area (Å²) in [6, 6.07) is 19.3. The normalized spacial score (nSPS) is 13.5. The van der Waals surface area contributed by atoms with Gasteiger partial charge in [-0.05, 0) is 79.1 Å². The van der Waals surface area contributed by atoms with Crippen LogP contribution in [-0.2, 0) is 9.59 Å². The van der Waals surface area contributed by atoms with E-state index in [0.29, 0.717) is 22.5 Å². The highest BCUT2D eigenvalue weighted by molar-refractivity contribution is 6.46. The standard InChI is InChI=1S/C25H18FN3O2/c1-15-3-10-20(13-16(15)2)28-23-22(18-6-8-19(26)9-7-18)24(30)29(25(23)31)21-11-4-17(14-27)5-12-21/h3-13,28H,1-2H3. The Morgan fingerprint density at radius 1 is 0.871 bits per heavy atom. The predicted octanol–water partition coefficient (Wildman–Crippen LogP) is 4.71. The maximum Gasteiger partial charge on any atom is 0.282 e. The third-order valence-electron chi connectivity index (χ3n) is 5.25. The summed E-state index contributed by atoms with van der Waals surface area (Å²) in [7, 11) is 0. The molecule has 1 aliphatic heterocycles. The highest BCUT2D eigenvalue weighted by Gasteiger charge is 2.40. The van der Waals surface area contributed by atoms with Crippen molar-refractivity contribution < 1.29 is 14.0 Å². The van der Waals surface area contributed by atoms with Crippen LogP contribution in [0.5, 0.6) is 0 Å². The third-order valence-corrected chi connectivity index (χ3v) is 5.25. The zero-order valence-corrected chi connectivity index (χ0v) is 16.9. The van der Waals surface area contributed by atoms with Gasteiger partial charge in [-0.3, -0.25) is 9.59 Å². The lowest BCUT2D eigenvalue weighted by molar-refractivity contribution is -0.120. The van der Waals surface area contributed by atoms with Crippen molar-refractivity contribution in [3.8, 4) is 6.07 Å². The molecule has 1 aliphatic rings. The van der Waals surface area contributed by atoms with Crippen LogP contribution in [0.1, 0.15) is 22.3 Å². The summed E-state index contributed by atoms with van der Waals surface area (Å²) < 4.78 is 13.5. The van der Waals surface area contributed by atoms with Crippen molar-refractivity contribution in [2.24, 2.45) is 0 Å². The zero-order valence-electron chi connectivity index (χ0n) is 16.9. The van der Waals surface area contributed by atoms with E-state index in [1.807, 2.05) is 38.1 Å². The van der Waals surface area contributed by atoms with Crippen LogP contribution in [0.3, 0.4) is 0 Å². The van der Waals surface area contributed by atoms with Gasteiger partial charge in [0.15, 0.2) is 0 Å². The Balaban J connectivity index is 1.81. The minimum Gasteiger partial charge on any atom is -0.350 e. The molecular formula is C25H18FN3O2. The SMILES string of the molecule is Cc1ccc(NC2=C(c3ccc(F)cc3)C(=O)N(c3ccc(C#N)cc3)C2=O)cc1C. The predicted molar refractivity (Wildman–Crippen MR) is 117 cm³/mol. The summed E-state index contributed by atoms with van der Waals surface area (Å²) >= 11 is 0. The molecule has 0 unspecified atom stereocenters. The minimum atomic E-state index is -0.521. The topological polar surface area (TPSA) is 73.2 Å². The minimum absolute atomic E-state index is 0.115. The number of benzene rings is 3. The number of nitrogens with zero attached hydrogens (tertiary/aromatic N) is 2. The lowest BCUT2D eigenvalue weighted by atomic mass is 10.0. The molecule has 0 aromatic heterocycles. The van der Waals surface area contributed by atoms with E-state index < -0.39 is 17.6 Å². The lowest BCUT2D eigenvalue weighted by Crippen LogP contribution is -2.32. The van der Waals surface area contributed by atoms with E-state index in [1.54, 1.807) is 24.3 Å². The van der Waals surface area contributed by atoms with Crippen LogP contribution in [0.25, 0.3) is 5.57 Å². The number of nitrogens with one attached hydrogen (secondary N) is 1. The van der Waals surface area contributed by atoms with E-state index in [1.165, 1.54) is 24.3 Å². The van der Waals surface area contributed by atoms with Crippen molar-refractivity contribution in [3.63, 3.8) is 0 Å². The molecule has 0 fully saturated rings. The highest BCUT2D eigenvalue weighted by atomic mass is 19.1. The van der Waals surface area contributed by atoms with Crippen molar-refractivity contribution in [1.29, 1.82) is 5.26 Å². The van der Waals surface area contributed by atoms with E-state index in [4.69, 9.17) is 5.26 Å². The molecule has 4 rings (SSSR count). The van der Waals surface area contributed by atoms with Crippen molar-refractivity contribution in [3.05, 3.63) is 100 Å². The average molecular weight is 411 g/mol. The molecule has 1 N–H and O–H groups in total. The first kappa shape index (κ1) is 20.0. The number of rotatable bonds is 4. The van der Waals surface area contributed by atoms with Gasteiger partial charge in [0.05, 0.1) is 22.9 Å². The molecule has 152 valence electrons. The fourth-order valence-corrected chi connectivity index (χ4v) is 3.41. The quantitative estimate of drug-likeness (QED) is 0.631. The summed E-state index contributed by atoms with van der Waals surface area (Å²) in [5.74, 6) is -1.48. The molecule has 3 aromatic rings. The van der Waals surface area contributed by atoms with Gasteiger partial charge >= 0.3 is 0 Å². The Bertz CT molecular complexity index is 1270. The van der Waals surface area contributed by atoms with E-state index in [0.717, 1.165) is 16.0 Å². The number of hydrogen-bond donors (Lipinski definition) is 1. The van der Waals surface area contributed by atoms with E-state index in [2.05, 4.69) is 5.32 Å². The first-order valence-corrected chi connectivity index (χ1v) is 9.62. The van der Waals surface area contributed by atoms with Crippen LogP contribution in [0.4, 0.5) is 15.8 Å². The summed E-state index contributed by atoms with van der Waals surface area (Å²) in [4.78, 5) is 27.7. The monoisotopic (exact) mass is 411 g/mol. The molecule has 0 saturated heterocycles. The smallest absolute Gasteiger partial charge is 0.282 e. The summed E-state index contributed by atoms with van der Waals surface area (Å²) in [5.41, 5.74) is 4.29. The zero-order chi connectivity index (χ0) is 22.1. The van der Waals surface area contributed by atoms with Crippen LogP contribution in [-0.4, -0.2) is 11.8 Å². The van der Waals surface area contributed by atoms with Gasteiger partial charge < -0.3 is 5.32 Å². The number of carbonyl (C=O) groups is 2. The number of nitriles is 1. The number of amides is 2. The van der Waals surface area contributed by atoms with Gasteiger partial charge in [0.1, 0.15) is 11.5 Å². The first-order valence-electron chi connectivity index (χ1n) is 9.62. The molecule has 0 aliphatic carbocycles. The Hall–Kier alpha value is -4.24. The fraction of sp³-hybridized carbons (Fsp3) is 0.0800. The van der Waals surface area contributed by atoms with Gasteiger partial charge in [-0.15, -0.1) is 0 Å². The number of hydrogen-bond acceptors (Lipinski definition) is 4. The Labute approximate surface area is 179 Å². The largest absolute Gasteiger partial charge is 0.350 e. The molecule has 2 amide bonds. The van der Waals surface area contributed by atoms with Gasteiger partial charge in [0.25, 0.3) is 11.8 Å². The molecule has 0 saturated carbocycles. The molecule has 6 heteroatoms. The molecule has 1 heterocycles. The molecular weight excluding hydrogens is 393 g/mol. The number of imide groups is 1. The van der Waals surface area contributed by atoms with Crippen molar-refractivity contribution in [2.45, 2.75) is 13.8 Å². The van der Waals surface area contributed by atoms with Gasteiger partial charge in [0, 0.05) is 5.69 Å². The first-order chi connectivity index (χ1) is 14.9. The summed E-state index contributed by atoms with van der Waals surface area (Å²) in [6.07, 6.45) is 0. The maximum atomic E-state index is 13.5. The second-order valence-electron chi connectivity index (χ2n) is 7.29. The van der Waals surface area contributed by atoms with Gasteiger partial charge in [-0.1, -0.05) is 18.2 Å². The number of anilines is 2. The van der Waals surface area contributed by atoms with Crippen LogP contribution in [0.15, 0.2) is 72.4 Å². The molecule has 31 heavy (non-hydrogen) atoms. The van der Waals surface area contributed by atoms with Gasteiger partial charge in [0.2, 0.25) is 0 Å². The van der Waals surface area contributed by atoms with Gasteiger partial charge in [-0.2, -0.15) is 5.26 Å². The maximum absolute atomic E-state index is 13.5. The molecule has 0 bridgehead atoms. The fourth-order valence-electron chi connectivity index (χ4n) is 3.41. The lowest BCUT2D eigenvalue weighted by Gasteiger charge is -2.15. The van der Waals surface area contributed by atoms with E-state index >= 15 is 0 Å². The van der Waals surface area contributed by atoms with Gasteiger partial charge in [-0.25, -0.2) is 9.29 Å². The Morgan fingerprint density at radius 3 is 2.16 bits per heavy atom. The molecule has 5 nitrogen and oxygen atoms in total. The van der Waals surface area contributed by atoms with Crippen LogP contribution >= 0.6 is 0 Å². The third kappa shape index (κ3) is 3.69. The second kappa shape index (κ2) is 7.88. The Kier molecular flexibility index (Phi) is 5.10. The molecule has 3 aromatic carbocycles. The van der Waals surface area contributed by atoms with Crippen LogP contribution in [0.2, 0.25) is 0 Å². The van der Waals surface area contributed by atoms with Crippen LogP contribution < -0.4 is 10.2 Å². The van der Waals surface area contributed by atoms with E-state index in [9.17, 15) is 14.0 Å². The average Bonchev–Trinajstić information content (AvgIpc) is 3.01. The Morgan fingerprint density at radius 2 is 1.55 bits per heavy atom. The molecule has 0 atom stereocenters. The number of carbonyl (C=O) groups excluding carboxylic acids is 2. The van der Waals surface area contributed by atoms with Crippen molar-refractivity contribution in [2.75, 3.05) is 10.2 Å². The number of halogens is 1. The summed E-state index contributed by atoms with van der Waals surface area (Å²) in [5, 5.41) is 12.1. The van der Waals surface area contributed by atoms with Crippen molar-refractivity contribution >= 4 is 28.8 Å². The summed E-state index contributed by atoms with van der Waals surface area (Å²) in [6.45, 7) is 3.94. The van der Waals surface area contributed by atoms with Crippen LogP contribution in [0, 0.1) is 31.0 Å². The molecule has 0 radical (unpaired) electrons.